The van der Waals surface area contributed by atoms with Crippen LogP contribution in [0.15, 0.2) is 11.2 Å². The number of H-pyrrole nitrogens is 1. The molecule has 1 aromatic heterocycles. The maximum atomic E-state index is 11.7. The molecule has 19 heavy (non-hydrogen) atoms. The Labute approximate surface area is 107 Å². The predicted molar refractivity (Wildman–Crippen MR) is 66.0 cm³/mol. The fourth-order valence-electron chi connectivity index (χ4n) is 1.89. The van der Waals surface area contributed by atoms with E-state index < -0.39 is 11.8 Å². The molecule has 0 spiro atoms. The third-order valence-corrected chi connectivity index (χ3v) is 2.74. The average Bonchev–Trinajstić information content (AvgIpc) is 2.74. The molecule has 0 amide bonds. The minimum Gasteiger partial charge on any atom is -0.500 e. The van der Waals surface area contributed by atoms with Gasteiger partial charge in [0.1, 0.15) is 11.1 Å². The molecule has 2 heterocycles. The van der Waals surface area contributed by atoms with Crippen molar-refractivity contribution in [3.05, 3.63) is 22.3 Å². The molecule has 0 aliphatic carbocycles. The van der Waals surface area contributed by atoms with Gasteiger partial charge in [-0.1, -0.05) is 0 Å². The molecule has 0 atom stereocenters. The normalized spacial score (nSPS) is 13.8. The molecule has 2 N–H and O–H groups in total. The number of fused-ring (bicyclic) bond motifs is 1. The van der Waals surface area contributed by atoms with Gasteiger partial charge in [0, 0.05) is 18.8 Å². The molecular formula is C12H12N2O5. The number of rotatable bonds is 4. The van der Waals surface area contributed by atoms with Gasteiger partial charge in [-0.15, -0.1) is 0 Å². The number of ether oxygens (including phenoxy) is 2. The van der Waals surface area contributed by atoms with Gasteiger partial charge in [0.2, 0.25) is 5.88 Å². The van der Waals surface area contributed by atoms with Crippen molar-refractivity contribution in [1.82, 2.24) is 4.98 Å². The van der Waals surface area contributed by atoms with Gasteiger partial charge in [-0.25, -0.2) is 9.79 Å². The molecule has 0 aromatic carbocycles. The van der Waals surface area contributed by atoms with Crippen molar-refractivity contribution < 1.29 is 24.2 Å². The first-order valence-corrected chi connectivity index (χ1v) is 5.43. The van der Waals surface area contributed by atoms with E-state index in [2.05, 4.69) is 9.98 Å². The molecule has 0 fully saturated rings. The van der Waals surface area contributed by atoms with E-state index in [1.807, 2.05) is 0 Å². The molecule has 7 nitrogen and oxygen atoms in total. The lowest BCUT2D eigenvalue weighted by molar-refractivity contribution is -0.131. The molecule has 100 valence electrons. The Kier molecular flexibility index (Phi) is 3.37. The van der Waals surface area contributed by atoms with Gasteiger partial charge < -0.3 is 19.6 Å². The number of aliphatic imine (C=N–C) groups is 1. The lowest BCUT2D eigenvalue weighted by atomic mass is 10.1. The molecule has 0 saturated carbocycles. The molecule has 0 saturated heterocycles. The summed E-state index contributed by atoms with van der Waals surface area (Å²) in [7, 11) is 2.89. The summed E-state index contributed by atoms with van der Waals surface area (Å²) >= 11 is 0. The van der Waals surface area contributed by atoms with Crippen LogP contribution in [0.25, 0.3) is 11.6 Å². The van der Waals surface area contributed by atoms with E-state index in [1.54, 1.807) is 6.21 Å². The highest BCUT2D eigenvalue weighted by Gasteiger charge is 2.21. The molecule has 1 aliphatic rings. The van der Waals surface area contributed by atoms with Crippen LogP contribution in [0.4, 0.5) is 0 Å². The molecule has 7 heteroatoms. The smallest absolute Gasteiger partial charge is 0.377 e. The van der Waals surface area contributed by atoms with E-state index in [0.29, 0.717) is 22.7 Å². The molecule has 0 unspecified atom stereocenters. The van der Waals surface area contributed by atoms with E-state index in [-0.39, 0.29) is 11.4 Å². The number of aromatic nitrogens is 1. The second-order valence-corrected chi connectivity index (χ2v) is 3.74. The first-order valence-electron chi connectivity index (χ1n) is 5.43. The molecular weight excluding hydrogens is 252 g/mol. The van der Waals surface area contributed by atoms with Crippen molar-refractivity contribution in [2.45, 2.75) is 6.42 Å². The Balaban J connectivity index is 2.86. The zero-order chi connectivity index (χ0) is 14.0. The van der Waals surface area contributed by atoms with Gasteiger partial charge in [0.15, 0.2) is 0 Å². The Morgan fingerprint density at radius 3 is 2.68 bits per heavy atom. The Morgan fingerprint density at radius 1 is 1.37 bits per heavy atom. The van der Waals surface area contributed by atoms with Crippen molar-refractivity contribution in [2.24, 2.45) is 4.99 Å². The SMILES string of the molecule is COC1=c2[nH]cc(C(=O)C(=O)O)c2=C(OC)CC=N1. The quantitative estimate of drug-likeness (QED) is 0.549. The summed E-state index contributed by atoms with van der Waals surface area (Å²) in [5, 5.41) is 9.63. The van der Waals surface area contributed by atoms with Crippen LogP contribution in [0.3, 0.4) is 0 Å². The number of nitrogens with zero attached hydrogens (tertiary/aromatic N) is 1. The summed E-state index contributed by atoms with van der Waals surface area (Å²) in [4.78, 5) is 29.4. The zero-order valence-corrected chi connectivity index (χ0v) is 10.4. The van der Waals surface area contributed by atoms with Crippen LogP contribution >= 0.6 is 0 Å². The van der Waals surface area contributed by atoms with Gasteiger partial charge in [0.05, 0.1) is 25.0 Å². The van der Waals surface area contributed by atoms with Crippen molar-refractivity contribution in [3.63, 3.8) is 0 Å². The second-order valence-electron chi connectivity index (χ2n) is 3.74. The van der Waals surface area contributed by atoms with E-state index in [0.717, 1.165) is 0 Å². The largest absolute Gasteiger partial charge is 0.500 e. The number of ketones is 1. The first kappa shape index (κ1) is 12.9. The number of hydrogen-bond acceptors (Lipinski definition) is 5. The number of aliphatic carboxylic acids is 1. The zero-order valence-electron chi connectivity index (χ0n) is 10.4. The third-order valence-electron chi connectivity index (χ3n) is 2.74. The fourth-order valence-corrected chi connectivity index (χ4v) is 1.89. The topological polar surface area (TPSA) is 101 Å². The summed E-state index contributed by atoms with van der Waals surface area (Å²) in [5.41, 5.74) is 0.0272. The summed E-state index contributed by atoms with van der Waals surface area (Å²) < 4.78 is 10.3. The average molecular weight is 264 g/mol. The highest BCUT2D eigenvalue weighted by atomic mass is 16.5. The highest BCUT2D eigenvalue weighted by molar-refractivity contribution is 6.39. The number of carboxylic acid groups (broad SMARTS) is 1. The summed E-state index contributed by atoms with van der Waals surface area (Å²) in [6.07, 6.45) is 3.23. The summed E-state index contributed by atoms with van der Waals surface area (Å²) in [6, 6.07) is 0. The van der Waals surface area contributed by atoms with Crippen molar-refractivity contribution in [1.29, 1.82) is 0 Å². The van der Waals surface area contributed by atoms with E-state index in [4.69, 9.17) is 14.6 Å². The van der Waals surface area contributed by atoms with Crippen LogP contribution in [-0.2, 0) is 14.3 Å². The van der Waals surface area contributed by atoms with Gasteiger partial charge in [-0.3, -0.25) is 4.79 Å². The number of methoxy groups -OCH3 is 2. The monoisotopic (exact) mass is 264 g/mol. The van der Waals surface area contributed by atoms with E-state index in [1.165, 1.54) is 20.4 Å². The Hall–Kier alpha value is -2.57. The first-order chi connectivity index (χ1) is 9.10. The number of aromatic amines is 1. The minimum absolute atomic E-state index is 0.0272. The van der Waals surface area contributed by atoms with Crippen LogP contribution < -0.4 is 10.6 Å². The maximum absolute atomic E-state index is 11.7. The molecule has 2 rings (SSSR count). The predicted octanol–water partition coefficient (Wildman–Crippen LogP) is -0.777. The van der Waals surface area contributed by atoms with Gasteiger partial charge >= 0.3 is 5.97 Å². The molecule has 0 bridgehead atoms. The lowest BCUT2D eigenvalue weighted by Gasteiger charge is -2.01. The highest BCUT2D eigenvalue weighted by Crippen LogP contribution is 2.06. The Morgan fingerprint density at radius 2 is 2.11 bits per heavy atom. The number of carbonyl (C=O) groups is 2. The molecule has 1 aliphatic heterocycles. The number of nitrogens with one attached hydrogen (secondary N) is 1. The third kappa shape index (κ3) is 2.10. The number of Topliss-reactive ketones (excluding diaryl/α,β-unsaturated/α-hetero) is 1. The van der Waals surface area contributed by atoms with Crippen LogP contribution in [0.1, 0.15) is 16.8 Å². The van der Waals surface area contributed by atoms with Gasteiger partial charge in [0.25, 0.3) is 5.78 Å². The second kappa shape index (κ2) is 4.97. The summed E-state index contributed by atoms with van der Waals surface area (Å²) in [6.45, 7) is 0. The van der Waals surface area contributed by atoms with Crippen molar-refractivity contribution in [2.75, 3.05) is 14.2 Å². The van der Waals surface area contributed by atoms with Crippen molar-refractivity contribution in [3.8, 4) is 0 Å². The van der Waals surface area contributed by atoms with Gasteiger partial charge in [-0.05, 0) is 0 Å². The van der Waals surface area contributed by atoms with Crippen LogP contribution in [0, 0.1) is 0 Å². The summed E-state index contributed by atoms with van der Waals surface area (Å²) in [5.74, 6) is -1.81. The van der Waals surface area contributed by atoms with E-state index in [9.17, 15) is 9.59 Å². The molecule has 1 aromatic rings. The van der Waals surface area contributed by atoms with Crippen molar-refractivity contribution >= 4 is 29.6 Å². The maximum Gasteiger partial charge on any atom is 0.377 e. The van der Waals surface area contributed by atoms with Crippen LogP contribution in [-0.4, -0.2) is 42.3 Å². The minimum atomic E-state index is -1.53. The van der Waals surface area contributed by atoms with Crippen LogP contribution in [0.5, 0.6) is 0 Å². The lowest BCUT2D eigenvalue weighted by Crippen LogP contribution is -2.33. The standard InChI is InChI=1S/C12H12N2O5/c1-18-7-3-4-13-11(19-2)9-8(7)6(5-14-9)10(15)12(16)17/h4-5,14H,3H2,1-2H3,(H,16,17). The van der Waals surface area contributed by atoms with Gasteiger partial charge in [-0.2, -0.15) is 0 Å². The number of hydrogen-bond donors (Lipinski definition) is 2. The molecule has 0 radical (unpaired) electrons. The fraction of sp³-hybridized carbons (Fsp3) is 0.250. The Bertz CT molecular complexity index is 683. The van der Waals surface area contributed by atoms with Crippen LogP contribution in [0.2, 0.25) is 0 Å². The number of carboxylic acids is 1. The number of carbonyl (C=O) groups excluding carboxylic acids is 1. The van der Waals surface area contributed by atoms with E-state index >= 15 is 0 Å².